The average Bonchev–Trinajstić information content (AvgIpc) is 3.41. The molecule has 3 aliphatic rings. The fourth-order valence-corrected chi connectivity index (χ4v) is 5.56. The van der Waals surface area contributed by atoms with Gasteiger partial charge in [0.25, 0.3) is 11.8 Å². The van der Waals surface area contributed by atoms with Crippen molar-refractivity contribution in [3.8, 4) is 0 Å². The van der Waals surface area contributed by atoms with Gasteiger partial charge in [-0.3, -0.25) is 9.59 Å². The van der Waals surface area contributed by atoms with Crippen LogP contribution < -0.4 is 9.80 Å². The zero-order chi connectivity index (χ0) is 22.2. The highest BCUT2D eigenvalue weighted by atomic mass is 32.1. The van der Waals surface area contributed by atoms with E-state index in [1.54, 1.807) is 0 Å². The van der Waals surface area contributed by atoms with Crippen molar-refractivity contribution in [1.82, 2.24) is 9.80 Å². The highest BCUT2D eigenvalue weighted by Crippen LogP contribution is 2.38. The third kappa shape index (κ3) is 3.84. The summed E-state index contributed by atoms with van der Waals surface area (Å²) in [5.74, 6) is 0.251. The molecule has 0 radical (unpaired) electrons. The Balaban J connectivity index is 1.43. The highest BCUT2D eigenvalue weighted by Gasteiger charge is 2.43. The van der Waals surface area contributed by atoms with Gasteiger partial charge in [-0.2, -0.15) is 0 Å². The minimum absolute atomic E-state index is 0.194. The quantitative estimate of drug-likeness (QED) is 0.667. The number of carbonyl (C=O) groups excluding carboxylic acids is 2. The van der Waals surface area contributed by atoms with Crippen molar-refractivity contribution in [2.75, 3.05) is 56.1 Å². The predicted molar refractivity (Wildman–Crippen MR) is 130 cm³/mol. The number of nitrogens with zero attached hydrogens (tertiary/aromatic N) is 4. The van der Waals surface area contributed by atoms with E-state index in [0.717, 1.165) is 62.7 Å². The lowest BCUT2D eigenvalue weighted by Crippen LogP contribution is -2.44. The van der Waals surface area contributed by atoms with Crippen molar-refractivity contribution in [3.05, 3.63) is 52.4 Å². The first-order valence-electron chi connectivity index (χ1n) is 11.5. The SMILES string of the molecule is CC1CCN(C2=C(c3cccs3)C(=O)N(c3ccc(N4CCN(C)CC4)cc3)C2=O)CC1. The fourth-order valence-electron chi connectivity index (χ4n) is 4.80. The van der Waals surface area contributed by atoms with Gasteiger partial charge in [-0.05, 0) is 61.5 Å². The van der Waals surface area contributed by atoms with E-state index in [9.17, 15) is 9.59 Å². The van der Waals surface area contributed by atoms with Gasteiger partial charge >= 0.3 is 0 Å². The van der Waals surface area contributed by atoms with Crippen LogP contribution in [0.1, 0.15) is 24.6 Å². The van der Waals surface area contributed by atoms with E-state index in [1.165, 1.54) is 16.2 Å². The molecule has 2 saturated heterocycles. The van der Waals surface area contributed by atoms with Crippen LogP contribution in [0.15, 0.2) is 47.5 Å². The summed E-state index contributed by atoms with van der Waals surface area (Å²) in [5, 5.41) is 1.96. The summed E-state index contributed by atoms with van der Waals surface area (Å²) in [6.07, 6.45) is 2.09. The Kier molecular flexibility index (Phi) is 5.78. The van der Waals surface area contributed by atoms with E-state index in [1.807, 2.05) is 41.8 Å². The molecule has 168 valence electrons. The van der Waals surface area contributed by atoms with Crippen LogP contribution in [0, 0.1) is 5.92 Å². The second kappa shape index (κ2) is 8.71. The van der Waals surface area contributed by atoms with E-state index in [-0.39, 0.29) is 11.8 Å². The number of likely N-dealkylation sites (N-methyl/N-ethyl adjacent to an activating group) is 1. The molecule has 0 spiro atoms. The Morgan fingerprint density at radius 1 is 0.812 bits per heavy atom. The van der Waals surface area contributed by atoms with Crippen LogP contribution in [0.4, 0.5) is 11.4 Å². The van der Waals surface area contributed by atoms with Gasteiger partial charge in [0.2, 0.25) is 0 Å². The molecule has 4 heterocycles. The summed E-state index contributed by atoms with van der Waals surface area (Å²) in [4.78, 5) is 36.2. The zero-order valence-corrected chi connectivity index (χ0v) is 19.6. The molecule has 3 aliphatic heterocycles. The van der Waals surface area contributed by atoms with Gasteiger partial charge in [-0.15, -0.1) is 11.3 Å². The Bertz CT molecular complexity index is 1010. The summed E-state index contributed by atoms with van der Waals surface area (Å²) in [7, 11) is 2.14. The number of likely N-dealkylation sites (tertiary alicyclic amines) is 1. The second-order valence-corrected chi connectivity index (χ2v) is 10.1. The number of thiophene rings is 1. The number of imide groups is 1. The lowest BCUT2D eigenvalue weighted by molar-refractivity contribution is -0.120. The fraction of sp³-hybridized carbons (Fsp3) is 0.440. The first-order valence-corrected chi connectivity index (χ1v) is 12.4. The number of hydrogen-bond donors (Lipinski definition) is 0. The van der Waals surface area contributed by atoms with Gasteiger partial charge in [0.05, 0.1) is 11.3 Å². The number of rotatable bonds is 4. The molecule has 0 aliphatic carbocycles. The number of benzene rings is 1. The molecule has 7 heteroatoms. The molecule has 0 N–H and O–H groups in total. The molecule has 6 nitrogen and oxygen atoms in total. The maximum Gasteiger partial charge on any atom is 0.282 e. The van der Waals surface area contributed by atoms with Crippen molar-refractivity contribution in [2.45, 2.75) is 19.8 Å². The van der Waals surface area contributed by atoms with Gasteiger partial charge < -0.3 is 14.7 Å². The summed E-state index contributed by atoms with van der Waals surface area (Å²) >= 11 is 1.52. The third-order valence-electron chi connectivity index (χ3n) is 6.90. The maximum atomic E-state index is 13.6. The second-order valence-electron chi connectivity index (χ2n) is 9.12. The Labute approximate surface area is 193 Å². The van der Waals surface area contributed by atoms with Gasteiger partial charge in [0, 0.05) is 49.8 Å². The monoisotopic (exact) mass is 450 g/mol. The Hall–Kier alpha value is -2.64. The number of hydrogen-bond acceptors (Lipinski definition) is 6. The molecule has 1 aromatic heterocycles. The maximum absolute atomic E-state index is 13.6. The lowest BCUT2D eigenvalue weighted by Gasteiger charge is -2.34. The Morgan fingerprint density at radius 2 is 1.47 bits per heavy atom. The topological polar surface area (TPSA) is 47.1 Å². The van der Waals surface area contributed by atoms with Crippen LogP contribution in [0.2, 0.25) is 0 Å². The minimum atomic E-state index is -0.210. The van der Waals surface area contributed by atoms with Gasteiger partial charge in [-0.1, -0.05) is 13.0 Å². The molecule has 2 fully saturated rings. The number of piperazine rings is 1. The molecule has 5 rings (SSSR count). The summed E-state index contributed by atoms with van der Waals surface area (Å²) < 4.78 is 0. The molecule has 1 aromatic carbocycles. The molecule has 32 heavy (non-hydrogen) atoms. The highest BCUT2D eigenvalue weighted by molar-refractivity contribution is 7.11. The van der Waals surface area contributed by atoms with Crippen molar-refractivity contribution in [3.63, 3.8) is 0 Å². The number of amides is 2. The number of piperidine rings is 1. The molecular formula is C25H30N4O2S. The van der Waals surface area contributed by atoms with Gasteiger partial charge in [0.1, 0.15) is 5.70 Å². The van der Waals surface area contributed by atoms with Crippen molar-refractivity contribution in [2.24, 2.45) is 5.92 Å². The van der Waals surface area contributed by atoms with Crippen LogP contribution in [0.5, 0.6) is 0 Å². The lowest BCUT2D eigenvalue weighted by atomic mass is 9.98. The van der Waals surface area contributed by atoms with E-state index in [0.29, 0.717) is 22.9 Å². The smallest absolute Gasteiger partial charge is 0.282 e. The van der Waals surface area contributed by atoms with E-state index in [2.05, 4.69) is 28.7 Å². The normalized spacial score (nSPS) is 21.2. The zero-order valence-electron chi connectivity index (χ0n) is 18.8. The van der Waals surface area contributed by atoms with Crippen LogP contribution in [-0.2, 0) is 9.59 Å². The summed E-state index contributed by atoms with van der Waals surface area (Å²) in [5.41, 5.74) is 2.92. The largest absolute Gasteiger partial charge is 0.369 e. The standard InChI is InChI=1S/C25H30N4O2S/c1-18-9-11-28(12-10-18)23-22(21-4-3-17-32-21)24(30)29(25(23)31)20-7-5-19(6-8-20)27-15-13-26(2)14-16-27/h3-8,17-18H,9-16H2,1-2H3. The van der Waals surface area contributed by atoms with Gasteiger partial charge in [0.15, 0.2) is 0 Å². The van der Waals surface area contributed by atoms with E-state index < -0.39 is 0 Å². The molecular weight excluding hydrogens is 420 g/mol. The molecule has 0 bridgehead atoms. The first kappa shape index (κ1) is 21.2. The predicted octanol–water partition coefficient (Wildman–Crippen LogP) is 3.52. The Morgan fingerprint density at radius 3 is 2.09 bits per heavy atom. The van der Waals surface area contributed by atoms with Crippen molar-refractivity contribution >= 4 is 40.1 Å². The molecule has 0 saturated carbocycles. The molecule has 2 amide bonds. The van der Waals surface area contributed by atoms with Crippen molar-refractivity contribution in [1.29, 1.82) is 0 Å². The molecule has 2 aromatic rings. The number of carbonyl (C=O) groups is 2. The number of anilines is 2. The van der Waals surface area contributed by atoms with Crippen molar-refractivity contribution < 1.29 is 9.59 Å². The third-order valence-corrected chi connectivity index (χ3v) is 7.79. The van der Waals surface area contributed by atoms with Crippen LogP contribution in [0.25, 0.3) is 5.57 Å². The van der Waals surface area contributed by atoms with Crippen LogP contribution in [0.3, 0.4) is 0 Å². The summed E-state index contributed by atoms with van der Waals surface area (Å²) in [6.45, 7) is 7.94. The average molecular weight is 451 g/mol. The first-order chi connectivity index (χ1) is 15.5. The molecule has 0 unspecified atom stereocenters. The van der Waals surface area contributed by atoms with Gasteiger partial charge in [-0.25, -0.2) is 4.90 Å². The molecule has 0 atom stereocenters. The summed E-state index contributed by atoms with van der Waals surface area (Å²) in [6, 6.07) is 11.8. The van der Waals surface area contributed by atoms with Crippen LogP contribution in [-0.4, -0.2) is 67.9 Å². The van der Waals surface area contributed by atoms with E-state index in [4.69, 9.17) is 0 Å². The van der Waals surface area contributed by atoms with Crippen LogP contribution >= 0.6 is 11.3 Å². The van der Waals surface area contributed by atoms with E-state index >= 15 is 0 Å². The minimum Gasteiger partial charge on any atom is -0.369 e.